The van der Waals surface area contributed by atoms with Crippen molar-refractivity contribution >= 4 is 12.1 Å². The van der Waals surface area contributed by atoms with Crippen LogP contribution in [0.2, 0.25) is 0 Å². The van der Waals surface area contributed by atoms with Crippen molar-refractivity contribution in [1.82, 2.24) is 5.32 Å². The summed E-state index contributed by atoms with van der Waals surface area (Å²) in [6, 6.07) is 0. The standard InChI is InChI=1S/C15H25NO4/c1-7-10-15(11-8-2,12(17)19-9-3)16-13(18)20-14(4,5)6/h7-8H,1-2,9-11H2,3-6H3,(H,16,18). The van der Waals surface area contributed by atoms with Gasteiger partial charge in [-0.3, -0.25) is 0 Å². The number of nitrogens with one attached hydrogen (secondary N) is 1. The highest BCUT2D eigenvalue weighted by atomic mass is 16.6. The second-order valence-electron chi connectivity index (χ2n) is 5.42. The molecule has 0 aromatic carbocycles. The summed E-state index contributed by atoms with van der Waals surface area (Å²) in [5, 5.41) is 2.60. The van der Waals surface area contributed by atoms with Crippen molar-refractivity contribution in [2.24, 2.45) is 0 Å². The van der Waals surface area contributed by atoms with Crippen LogP contribution in [0.1, 0.15) is 40.5 Å². The van der Waals surface area contributed by atoms with Gasteiger partial charge < -0.3 is 14.8 Å². The van der Waals surface area contributed by atoms with Gasteiger partial charge in [0.25, 0.3) is 0 Å². The number of carbonyl (C=O) groups is 2. The van der Waals surface area contributed by atoms with Gasteiger partial charge in [-0.25, -0.2) is 9.59 Å². The minimum atomic E-state index is -1.22. The van der Waals surface area contributed by atoms with Crippen LogP contribution >= 0.6 is 0 Å². The SMILES string of the molecule is C=CCC(CC=C)(NC(=O)OC(C)(C)C)C(=O)OCC. The normalized spacial score (nSPS) is 11.4. The molecule has 0 fully saturated rings. The van der Waals surface area contributed by atoms with Gasteiger partial charge in [-0.15, -0.1) is 13.2 Å². The maximum atomic E-state index is 12.2. The van der Waals surface area contributed by atoms with E-state index in [1.54, 1.807) is 39.8 Å². The highest BCUT2D eigenvalue weighted by Crippen LogP contribution is 2.20. The van der Waals surface area contributed by atoms with E-state index < -0.39 is 23.2 Å². The van der Waals surface area contributed by atoms with Crippen LogP contribution in [0.5, 0.6) is 0 Å². The summed E-state index contributed by atoms with van der Waals surface area (Å²) in [7, 11) is 0. The summed E-state index contributed by atoms with van der Waals surface area (Å²) in [6.45, 7) is 14.4. The molecule has 0 saturated heterocycles. The largest absolute Gasteiger partial charge is 0.464 e. The molecule has 0 aliphatic heterocycles. The van der Waals surface area contributed by atoms with Crippen LogP contribution in [0.15, 0.2) is 25.3 Å². The molecule has 0 aromatic rings. The molecular formula is C15H25NO4. The van der Waals surface area contributed by atoms with Crippen LogP contribution in [0.3, 0.4) is 0 Å². The maximum Gasteiger partial charge on any atom is 0.408 e. The third kappa shape index (κ3) is 5.91. The fourth-order valence-electron chi connectivity index (χ4n) is 1.66. The summed E-state index contributed by atoms with van der Waals surface area (Å²) in [4.78, 5) is 24.1. The molecule has 0 unspecified atom stereocenters. The quantitative estimate of drug-likeness (QED) is 0.576. The van der Waals surface area contributed by atoms with Gasteiger partial charge in [0.15, 0.2) is 0 Å². The minimum absolute atomic E-state index is 0.227. The van der Waals surface area contributed by atoms with Crippen molar-refractivity contribution in [3.8, 4) is 0 Å². The summed E-state index contributed by atoms with van der Waals surface area (Å²) in [6.07, 6.45) is 2.90. The van der Waals surface area contributed by atoms with Crippen LogP contribution < -0.4 is 5.32 Å². The first-order chi connectivity index (χ1) is 9.20. The van der Waals surface area contributed by atoms with Crippen LogP contribution in [-0.2, 0) is 14.3 Å². The molecule has 1 N–H and O–H groups in total. The Hall–Kier alpha value is -1.78. The first kappa shape index (κ1) is 18.2. The summed E-state index contributed by atoms with van der Waals surface area (Å²) < 4.78 is 10.2. The zero-order valence-electron chi connectivity index (χ0n) is 12.8. The Morgan fingerprint density at radius 1 is 1.15 bits per heavy atom. The van der Waals surface area contributed by atoms with E-state index in [2.05, 4.69) is 18.5 Å². The van der Waals surface area contributed by atoms with Gasteiger partial charge in [0.2, 0.25) is 0 Å². The molecule has 1 amide bonds. The van der Waals surface area contributed by atoms with Gasteiger partial charge in [-0.1, -0.05) is 12.2 Å². The molecule has 0 bridgehead atoms. The zero-order chi connectivity index (χ0) is 15.8. The summed E-state index contributed by atoms with van der Waals surface area (Å²) in [5.41, 5.74) is -1.87. The molecule has 0 aliphatic rings. The fourth-order valence-corrected chi connectivity index (χ4v) is 1.66. The Morgan fingerprint density at radius 3 is 2.00 bits per heavy atom. The third-order valence-corrected chi connectivity index (χ3v) is 2.39. The second kappa shape index (κ2) is 7.72. The first-order valence-electron chi connectivity index (χ1n) is 6.61. The van der Waals surface area contributed by atoms with E-state index in [0.29, 0.717) is 0 Å². The van der Waals surface area contributed by atoms with Gasteiger partial charge >= 0.3 is 12.1 Å². The number of rotatable bonds is 7. The number of hydrogen-bond donors (Lipinski definition) is 1. The smallest absolute Gasteiger partial charge is 0.408 e. The monoisotopic (exact) mass is 283 g/mol. The summed E-state index contributed by atoms with van der Waals surface area (Å²) >= 11 is 0. The second-order valence-corrected chi connectivity index (χ2v) is 5.42. The predicted molar refractivity (Wildman–Crippen MR) is 78.4 cm³/mol. The molecule has 0 rings (SSSR count). The van der Waals surface area contributed by atoms with E-state index >= 15 is 0 Å². The number of amides is 1. The number of carbonyl (C=O) groups excluding carboxylic acids is 2. The average molecular weight is 283 g/mol. The van der Waals surface area contributed by atoms with E-state index in [0.717, 1.165) is 0 Å². The molecule has 5 nitrogen and oxygen atoms in total. The predicted octanol–water partition coefficient (Wildman–Crippen LogP) is 2.97. The molecule has 0 aliphatic carbocycles. The number of esters is 1. The summed E-state index contributed by atoms with van der Waals surface area (Å²) in [5.74, 6) is -0.523. The van der Waals surface area contributed by atoms with E-state index in [4.69, 9.17) is 9.47 Å². The molecule has 114 valence electrons. The maximum absolute atomic E-state index is 12.2. The third-order valence-electron chi connectivity index (χ3n) is 2.39. The van der Waals surface area contributed by atoms with E-state index in [-0.39, 0.29) is 19.4 Å². The zero-order valence-corrected chi connectivity index (χ0v) is 12.8. The molecule has 20 heavy (non-hydrogen) atoms. The first-order valence-corrected chi connectivity index (χ1v) is 6.61. The van der Waals surface area contributed by atoms with Gasteiger partial charge in [-0.2, -0.15) is 0 Å². The lowest BCUT2D eigenvalue weighted by atomic mass is 9.91. The van der Waals surface area contributed by atoms with Gasteiger partial charge in [0.05, 0.1) is 6.61 Å². The van der Waals surface area contributed by atoms with Crippen molar-refractivity contribution in [2.45, 2.75) is 51.7 Å². The van der Waals surface area contributed by atoms with Gasteiger partial charge in [0, 0.05) is 0 Å². The lowest BCUT2D eigenvalue weighted by Crippen LogP contribution is -2.55. The number of ether oxygens (including phenoxy) is 2. The van der Waals surface area contributed by atoms with Crippen molar-refractivity contribution < 1.29 is 19.1 Å². The molecule has 0 saturated carbocycles. The van der Waals surface area contributed by atoms with E-state index in [1.165, 1.54) is 0 Å². The van der Waals surface area contributed by atoms with Gasteiger partial charge in [-0.05, 0) is 40.5 Å². The van der Waals surface area contributed by atoms with Crippen molar-refractivity contribution in [1.29, 1.82) is 0 Å². The molecule has 0 atom stereocenters. The van der Waals surface area contributed by atoms with Crippen molar-refractivity contribution in [3.05, 3.63) is 25.3 Å². The fraction of sp³-hybridized carbons (Fsp3) is 0.600. The molecule has 0 spiro atoms. The van der Waals surface area contributed by atoms with Crippen molar-refractivity contribution in [3.63, 3.8) is 0 Å². The lowest BCUT2D eigenvalue weighted by Gasteiger charge is -2.31. The molecular weight excluding hydrogens is 258 g/mol. The lowest BCUT2D eigenvalue weighted by molar-refractivity contribution is -0.151. The van der Waals surface area contributed by atoms with Crippen LogP contribution in [-0.4, -0.2) is 29.8 Å². The molecule has 0 radical (unpaired) electrons. The Bertz CT molecular complexity index is 359. The van der Waals surface area contributed by atoms with E-state index in [1.807, 2.05) is 0 Å². The Balaban J connectivity index is 5.17. The highest BCUT2D eigenvalue weighted by Gasteiger charge is 2.40. The topological polar surface area (TPSA) is 64.6 Å². The van der Waals surface area contributed by atoms with Gasteiger partial charge in [0.1, 0.15) is 11.1 Å². The Kier molecular flexibility index (Phi) is 7.04. The van der Waals surface area contributed by atoms with Crippen molar-refractivity contribution in [2.75, 3.05) is 6.61 Å². The molecule has 0 heterocycles. The average Bonchev–Trinajstić information content (AvgIpc) is 2.26. The molecule has 5 heteroatoms. The Labute approximate surface area is 121 Å². The Morgan fingerprint density at radius 2 is 1.65 bits per heavy atom. The van der Waals surface area contributed by atoms with Crippen LogP contribution in [0.4, 0.5) is 4.79 Å². The van der Waals surface area contributed by atoms with Crippen LogP contribution in [0.25, 0.3) is 0 Å². The highest BCUT2D eigenvalue weighted by molar-refractivity contribution is 5.86. The minimum Gasteiger partial charge on any atom is -0.464 e. The van der Waals surface area contributed by atoms with E-state index in [9.17, 15) is 9.59 Å². The number of hydrogen-bond acceptors (Lipinski definition) is 4. The molecule has 0 aromatic heterocycles. The number of alkyl carbamates (subject to hydrolysis) is 1. The van der Waals surface area contributed by atoms with Crippen LogP contribution in [0, 0.1) is 0 Å².